The minimum atomic E-state index is 0. The second kappa shape index (κ2) is 15.8. The van der Waals surface area contributed by atoms with E-state index in [-0.39, 0.29) is 17.0 Å². The molecule has 0 amide bonds. The number of hydrogen-bond donors (Lipinski definition) is 2. The average molecular weight is 394 g/mol. The standard InChI is InChI=1S/C18H39N3O.BrH/c1-3-4-5-6-7-8-9-10-11-17(2)22-15-12-18-16-20-13-14-21(18)19;/h17-18,20H,3-16,19H2,1-2H3;1H. The highest BCUT2D eigenvalue weighted by Crippen LogP contribution is 2.12. The van der Waals surface area contributed by atoms with E-state index in [2.05, 4.69) is 30.0 Å². The lowest BCUT2D eigenvalue weighted by molar-refractivity contribution is -0.588. The molecule has 0 aliphatic carbocycles. The fraction of sp³-hybridized carbons (Fsp3) is 1.00. The zero-order valence-electron chi connectivity index (χ0n) is 15.5. The molecule has 0 aromatic heterocycles. The van der Waals surface area contributed by atoms with Gasteiger partial charge in [0.1, 0.15) is 0 Å². The van der Waals surface area contributed by atoms with Gasteiger partial charge in [-0.3, -0.25) is 5.84 Å². The maximum Gasteiger partial charge on any atom is 0.0730 e. The maximum absolute atomic E-state index is 5.97. The normalized spacial score (nSPS) is 20.2. The van der Waals surface area contributed by atoms with Crippen molar-refractivity contribution in [1.82, 2.24) is 10.3 Å². The summed E-state index contributed by atoms with van der Waals surface area (Å²) in [5.41, 5.74) is 0. The number of halogens is 1. The summed E-state index contributed by atoms with van der Waals surface area (Å²) in [6.45, 7) is 8.55. The molecule has 0 bridgehead atoms. The SMILES string of the molecule is CCCCCCCCCCC(C)OCCC1CNCCN1[NH3+].[Br-]. The summed E-state index contributed by atoms with van der Waals surface area (Å²) >= 11 is 0. The van der Waals surface area contributed by atoms with Crippen LogP contribution in [0.2, 0.25) is 0 Å². The van der Waals surface area contributed by atoms with Crippen molar-refractivity contribution in [1.29, 1.82) is 0 Å². The maximum atomic E-state index is 5.97. The smallest absolute Gasteiger partial charge is 0.0730 e. The Hall–Kier alpha value is 0.320. The van der Waals surface area contributed by atoms with Gasteiger partial charge < -0.3 is 27.0 Å². The van der Waals surface area contributed by atoms with Crippen LogP contribution in [0, 0.1) is 0 Å². The van der Waals surface area contributed by atoms with Gasteiger partial charge in [0.2, 0.25) is 0 Å². The average Bonchev–Trinajstić information content (AvgIpc) is 2.52. The first-order chi connectivity index (χ1) is 10.7. The first-order valence-corrected chi connectivity index (χ1v) is 9.63. The van der Waals surface area contributed by atoms with Crippen molar-refractivity contribution in [2.24, 2.45) is 0 Å². The summed E-state index contributed by atoms with van der Waals surface area (Å²) in [7, 11) is 0. The van der Waals surface area contributed by atoms with Gasteiger partial charge in [-0.2, -0.15) is 5.01 Å². The molecule has 4 N–H and O–H groups in total. The van der Waals surface area contributed by atoms with E-state index in [1.807, 2.05) is 0 Å². The van der Waals surface area contributed by atoms with Gasteiger partial charge in [-0.1, -0.05) is 58.3 Å². The monoisotopic (exact) mass is 393 g/mol. The number of nitrogens with one attached hydrogen (secondary N) is 1. The Morgan fingerprint density at radius 2 is 1.78 bits per heavy atom. The molecule has 1 heterocycles. The zero-order valence-corrected chi connectivity index (χ0v) is 17.1. The minimum Gasteiger partial charge on any atom is -1.00 e. The Morgan fingerprint density at radius 1 is 1.13 bits per heavy atom. The van der Waals surface area contributed by atoms with Crippen molar-refractivity contribution in [2.45, 2.75) is 90.2 Å². The van der Waals surface area contributed by atoms with E-state index in [4.69, 9.17) is 4.74 Å². The van der Waals surface area contributed by atoms with E-state index >= 15 is 0 Å². The van der Waals surface area contributed by atoms with Crippen LogP contribution in [0.15, 0.2) is 0 Å². The second-order valence-electron chi connectivity index (χ2n) is 6.90. The first kappa shape index (κ1) is 23.3. The summed E-state index contributed by atoms with van der Waals surface area (Å²) in [6.07, 6.45) is 13.8. The van der Waals surface area contributed by atoms with Crippen LogP contribution in [0.5, 0.6) is 0 Å². The molecule has 1 saturated heterocycles. The first-order valence-electron chi connectivity index (χ1n) is 9.63. The molecular formula is C18H40BrN3O. The molecule has 23 heavy (non-hydrogen) atoms. The zero-order chi connectivity index (χ0) is 16.0. The molecule has 1 aliphatic heterocycles. The Bertz CT molecular complexity index is 256. The summed E-state index contributed by atoms with van der Waals surface area (Å²) < 4.78 is 5.97. The summed E-state index contributed by atoms with van der Waals surface area (Å²) in [4.78, 5) is 0. The number of unbranched alkanes of at least 4 members (excludes halogenated alkanes) is 7. The van der Waals surface area contributed by atoms with E-state index in [0.717, 1.165) is 32.7 Å². The molecule has 0 aromatic carbocycles. The molecule has 140 valence electrons. The highest BCUT2D eigenvalue weighted by molar-refractivity contribution is 4.73. The number of nitrogens with zero attached hydrogens (tertiary/aromatic N) is 1. The number of piperazine rings is 1. The Balaban J connectivity index is 0.00000484. The molecule has 1 rings (SSSR count). The van der Waals surface area contributed by atoms with E-state index < -0.39 is 0 Å². The second-order valence-corrected chi connectivity index (χ2v) is 6.90. The van der Waals surface area contributed by atoms with Crippen molar-refractivity contribution < 1.29 is 27.6 Å². The number of ether oxygens (including phenoxy) is 1. The summed E-state index contributed by atoms with van der Waals surface area (Å²) in [5.74, 6) is 4.11. The molecule has 0 radical (unpaired) electrons. The predicted molar refractivity (Wildman–Crippen MR) is 93.5 cm³/mol. The minimum absolute atomic E-state index is 0. The van der Waals surface area contributed by atoms with E-state index in [0.29, 0.717) is 12.1 Å². The fourth-order valence-corrected chi connectivity index (χ4v) is 3.14. The third-order valence-electron chi connectivity index (χ3n) is 4.79. The molecule has 0 aromatic rings. The van der Waals surface area contributed by atoms with Crippen LogP contribution in [0.3, 0.4) is 0 Å². The molecular weight excluding hydrogens is 354 g/mol. The van der Waals surface area contributed by atoms with Gasteiger partial charge in [-0.25, -0.2) is 0 Å². The highest BCUT2D eigenvalue weighted by Gasteiger charge is 2.21. The van der Waals surface area contributed by atoms with Crippen molar-refractivity contribution in [3.63, 3.8) is 0 Å². The van der Waals surface area contributed by atoms with Crippen LogP contribution in [-0.4, -0.2) is 43.4 Å². The topological polar surface area (TPSA) is 52.1 Å². The van der Waals surface area contributed by atoms with Gasteiger partial charge in [0.15, 0.2) is 0 Å². The summed E-state index contributed by atoms with van der Waals surface area (Å²) in [5, 5.41) is 5.64. The molecule has 4 nitrogen and oxygen atoms in total. The van der Waals surface area contributed by atoms with E-state index in [1.165, 1.54) is 57.8 Å². The van der Waals surface area contributed by atoms with Gasteiger partial charge in [0, 0.05) is 19.7 Å². The van der Waals surface area contributed by atoms with Crippen LogP contribution in [0.25, 0.3) is 0 Å². The quantitative estimate of drug-likeness (QED) is 0.424. The largest absolute Gasteiger partial charge is 1.00 e. The van der Waals surface area contributed by atoms with Gasteiger partial charge in [-0.05, 0) is 19.8 Å². The molecule has 2 unspecified atom stereocenters. The highest BCUT2D eigenvalue weighted by atomic mass is 79.9. The lowest BCUT2D eigenvalue weighted by atomic mass is 10.1. The fourth-order valence-electron chi connectivity index (χ4n) is 3.14. The van der Waals surface area contributed by atoms with E-state index in [9.17, 15) is 0 Å². The molecule has 5 heteroatoms. The van der Waals surface area contributed by atoms with Crippen LogP contribution in [-0.2, 0) is 4.74 Å². The van der Waals surface area contributed by atoms with Gasteiger partial charge in [0.25, 0.3) is 0 Å². The molecule has 0 spiro atoms. The van der Waals surface area contributed by atoms with Gasteiger partial charge in [0.05, 0.1) is 18.7 Å². The number of rotatable bonds is 13. The molecule has 1 fully saturated rings. The Labute approximate surface area is 154 Å². The Morgan fingerprint density at radius 3 is 2.43 bits per heavy atom. The molecule has 1 aliphatic rings. The summed E-state index contributed by atoms with van der Waals surface area (Å²) in [6, 6.07) is 0.545. The van der Waals surface area contributed by atoms with Crippen LogP contribution in [0.4, 0.5) is 0 Å². The molecule has 2 atom stereocenters. The van der Waals surface area contributed by atoms with Gasteiger partial charge >= 0.3 is 0 Å². The third kappa shape index (κ3) is 12.3. The number of hydrogen-bond acceptors (Lipinski definition) is 3. The Kier molecular flexibility index (Phi) is 16.0. The van der Waals surface area contributed by atoms with Crippen molar-refractivity contribution >= 4 is 0 Å². The lowest BCUT2D eigenvalue weighted by Crippen LogP contribution is -3.00. The van der Waals surface area contributed by atoms with E-state index in [1.54, 1.807) is 0 Å². The predicted octanol–water partition coefficient (Wildman–Crippen LogP) is -0.253. The molecule has 0 saturated carbocycles. The number of quaternary nitrogens is 1. The van der Waals surface area contributed by atoms with Crippen LogP contribution >= 0.6 is 0 Å². The lowest BCUT2D eigenvalue weighted by Gasteiger charge is -2.29. The van der Waals surface area contributed by atoms with Crippen LogP contribution < -0.4 is 28.1 Å². The van der Waals surface area contributed by atoms with Crippen molar-refractivity contribution in [3.8, 4) is 0 Å². The van der Waals surface area contributed by atoms with Crippen LogP contribution in [0.1, 0.15) is 78.1 Å². The van der Waals surface area contributed by atoms with Gasteiger partial charge in [-0.15, -0.1) is 0 Å². The third-order valence-corrected chi connectivity index (χ3v) is 4.79. The van der Waals surface area contributed by atoms with Crippen molar-refractivity contribution in [3.05, 3.63) is 0 Å². The van der Waals surface area contributed by atoms with Crippen molar-refractivity contribution in [2.75, 3.05) is 26.2 Å².